The summed E-state index contributed by atoms with van der Waals surface area (Å²) >= 11 is 0. The van der Waals surface area contributed by atoms with Gasteiger partial charge in [0.2, 0.25) is 5.91 Å². The molecule has 5 nitrogen and oxygen atoms in total. The third kappa shape index (κ3) is 4.27. The molecule has 28 heavy (non-hydrogen) atoms. The number of benzene rings is 2. The van der Waals surface area contributed by atoms with E-state index in [-0.39, 0.29) is 17.6 Å². The average molecular weight is 392 g/mol. The molecular weight excluding hydrogens is 373 g/mol. The van der Waals surface area contributed by atoms with Crippen LogP contribution in [-0.4, -0.2) is 29.1 Å². The van der Waals surface area contributed by atoms with E-state index < -0.39 is 18.3 Å². The number of amides is 2. The minimum atomic E-state index is -4.78. The van der Waals surface area contributed by atoms with Gasteiger partial charge in [0.15, 0.2) is 0 Å². The quantitative estimate of drug-likeness (QED) is 0.830. The number of alkyl halides is 3. The standard InChI is InChI=1S/C20H19F3N2O3/c1-12(2)17(25-11-13-5-3-4-6-16(13)19(25)27)18(26)24-14-7-9-15(10-8-14)28-20(21,22)23/h3-10,12,17H,11H2,1-2H3,(H,24,26)/t17-/m1/s1. The lowest BCUT2D eigenvalue weighted by atomic mass is 10.0. The van der Waals surface area contributed by atoms with E-state index in [2.05, 4.69) is 10.1 Å². The molecule has 0 spiro atoms. The van der Waals surface area contributed by atoms with Gasteiger partial charge < -0.3 is 15.0 Å². The Hall–Kier alpha value is -3.03. The molecule has 148 valence electrons. The molecule has 0 fully saturated rings. The van der Waals surface area contributed by atoms with Crippen molar-refractivity contribution < 1.29 is 27.5 Å². The van der Waals surface area contributed by atoms with Gasteiger partial charge in [0.05, 0.1) is 0 Å². The van der Waals surface area contributed by atoms with Crippen LogP contribution < -0.4 is 10.1 Å². The number of fused-ring (bicyclic) bond motifs is 1. The predicted octanol–water partition coefficient (Wildman–Crippen LogP) is 4.20. The smallest absolute Gasteiger partial charge is 0.406 e. The Morgan fingerprint density at radius 1 is 1.11 bits per heavy atom. The minimum Gasteiger partial charge on any atom is -0.406 e. The van der Waals surface area contributed by atoms with Gasteiger partial charge in [0.25, 0.3) is 5.91 Å². The Morgan fingerprint density at radius 2 is 1.75 bits per heavy atom. The first kappa shape index (κ1) is 19.7. The Balaban J connectivity index is 1.73. The third-order valence-electron chi connectivity index (χ3n) is 4.44. The molecule has 2 aromatic rings. The fourth-order valence-electron chi connectivity index (χ4n) is 3.26. The first-order valence-electron chi connectivity index (χ1n) is 8.71. The molecule has 0 radical (unpaired) electrons. The topological polar surface area (TPSA) is 58.6 Å². The molecule has 0 saturated carbocycles. The molecule has 0 unspecified atom stereocenters. The number of nitrogens with zero attached hydrogens (tertiary/aromatic N) is 1. The van der Waals surface area contributed by atoms with E-state index in [4.69, 9.17) is 0 Å². The molecule has 1 atom stereocenters. The highest BCUT2D eigenvalue weighted by atomic mass is 19.4. The van der Waals surface area contributed by atoms with E-state index in [0.717, 1.165) is 17.7 Å². The molecule has 2 aromatic carbocycles. The molecule has 1 aliphatic heterocycles. The molecule has 1 heterocycles. The van der Waals surface area contributed by atoms with Gasteiger partial charge in [0, 0.05) is 17.8 Å². The van der Waals surface area contributed by atoms with E-state index in [1.807, 2.05) is 26.0 Å². The maximum atomic E-state index is 12.8. The molecule has 0 saturated heterocycles. The Morgan fingerprint density at radius 3 is 2.32 bits per heavy atom. The van der Waals surface area contributed by atoms with Crippen LogP contribution in [0.15, 0.2) is 48.5 Å². The van der Waals surface area contributed by atoms with Crippen LogP contribution in [0.1, 0.15) is 29.8 Å². The van der Waals surface area contributed by atoms with E-state index in [0.29, 0.717) is 17.8 Å². The number of rotatable bonds is 5. The number of carbonyl (C=O) groups excluding carboxylic acids is 2. The number of hydrogen-bond donors (Lipinski definition) is 1. The van der Waals surface area contributed by atoms with E-state index in [1.165, 1.54) is 17.0 Å². The first-order valence-corrected chi connectivity index (χ1v) is 8.71. The summed E-state index contributed by atoms with van der Waals surface area (Å²) < 4.78 is 40.5. The lowest BCUT2D eigenvalue weighted by molar-refractivity contribution is -0.274. The molecular formula is C20H19F3N2O3. The van der Waals surface area contributed by atoms with Crippen molar-refractivity contribution in [3.8, 4) is 5.75 Å². The molecule has 1 aliphatic rings. The van der Waals surface area contributed by atoms with Crippen molar-refractivity contribution in [1.29, 1.82) is 0 Å². The number of anilines is 1. The third-order valence-corrected chi connectivity index (χ3v) is 4.44. The normalized spacial score (nSPS) is 14.8. The van der Waals surface area contributed by atoms with Crippen LogP contribution in [0.3, 0.4) is 0 Å². The Kier molecular flexibility index (Phi) is 5.31. The monoisotopic (exact) mass is 392 g/mol. The lowest BCUT2D eigenvalue weighted by Gasteiger charge is -2.30. The largest absolute Gasteiger partial charge is 0.573 e. The number of ether oxygens (including phenoxy) is 1. The fourth-order valence-corrected chi connectivity index (χ4v) is 3.26. The summed E-state index contributed by atoms with van der Waals surface area (Å²) in [6.45, 7) is 4.01. The van der Waals surface area contributed by atoms with Crippen LogP contribution in [0.25, 0.3) is 0 Å². The summed E-state index contributed by atoms with van der Waals surface area (Å²) in [6, 6.07) is 11.3. The molecule has 0 bridgehead atoms. The lowest BCUT2D eigenvalue weighted by Crippen LogP contribution is -2.47. The molecule has 2 amide bonds. The highest BCUT2D eigenvalue weighted by molar-refractivity contribution is 6.03. The van der Waals surface area contributed by atoms with Gasteiger partial charge in [-0.05, 0) is 41.8 Å². The summed E-state index contributed by atoms with van der Waals surface area (Å²) in [5, 5.41) is 2.67. The van der Waals surface area contributed by atoms with E-state index in [9.17, 15) is 22.8 Å². The van der Waals surface area contributed by atoms with Gasteiger partial charge in [-0.1, -0.05) is 32.0 Å². The van der Waals surface area contributed by atoms with Crippen molar-refractivity contribution in [3.63, 3.8) is 0 Å². The highest BCUT2D eigenvalue weighted by Gasteiger charge is 2.38. The van der Waals surface area contributed by atoms with Crippen molar-refractivity contribution in [3.05, 3.63) is 59.7 Å². The summed E-state index contributed by atoms with van der Waals surface area (Å²) in [4.78, 5) is 27.1. The SMILES string of the molecule is CC(C)[C@H](C(=O)Nc1ccc(OC(F)(F)F)cc1)N1Cc2ccccc2C1=O. The van der Waals surface area contributed by atoms with Gasteiger partial charge >= 0.3 is 6.36 Å². The zero-order valence-corrected chi connectivity index (χ0v) is 15.3. The van der Waals surface area contributed by atoms with Crippen LogP contribution in [-0.2, 0) is 11.3 Å². The van der Waals surface area contributed by atoms with Gasteiger partial charge in [-0.15, -0.1) is 13.2 Å². The molecule has 0 aromatic heterocycles. The van der Waals surface area contributed by atoms with Crippen molar-refractivity contribution in [2.75, 3.05) is 5.32 Å². The predicted molar refractivity (Wildman–Crippen MR) is 96.7 cm³/mol. The Bertz CT molecular complexity index is 879. The summed E-state index contributed by atoms with van der Waals surface area (Å²) in [5.41, 5.74) is 1.75. The van der Waals surface area contributed by atoms with E-state index in [1.54, 1.807) is 12.1 Å². The number of nitrogens with one attached hydrogen (secondary N) is 1. The van der Waals surface area contributed by atoms with Crippen molar-refractivity contribution >= 4 is 17.5 Å². The van der Waals surface area contributed by atoms with Crippen molar-refractivity contribution in [2.24, 2.45) is 5.92 Å². The maximum Gasteiger partial charge on any atom is 0.573 e. The van der Waals surface area contributed by atoms with Crippen LogP contribution in [0.2, 0.25) is 0 Å². The van der Waals surface area contributed by atoms with Crippen LogP contribution in [0.5, 0.6) is 5.75 Å². The second-order valence-corrected chi connectivity index (χ2v) is 6.84. The van der Waals surface area contributed by atoms with Gasteiger partial charge in [-0.2, -0.15) is 0 Å². The second kappa shape index (κ2) is 7.53. The Labute approximate surface area is 160 Å². The number of halogens is 3. The van der Waals surface area contributed by atoms with Crippen molar-refractivity contribution in [2.45, 2.75) is 32.8 Å². The zero-order chi connectivity index (χ0) is 20.5. The molecule has 1 N–H and O–H groups in total. The minimum absolute atomic E-state index is 0.161. The highest BCUT2D eigenvalue weighted by Crippen LogP contribution is 2.28. The molecule has 0 aliphatic carbocycles. The summed E-state index contributed by atoms with van der Waals surface area (Å²) in [6.07, 6.45) is -4.78. The zero-order valence-electron chi connectivity index (χ0n) is 15.3. The van der Waals surface area contributed by atoms with Crippen LogP contribution in [0.4, 0.5) is 18.9 Å². The molecule has 8 heteroatoms. The summed E-state index contributed by atoms with van der Waals surface area (Å²) in [5.74, 6) is -1.15. The first-order chi connectivity index (χ1) is 13.2. The van der Waals surface area contributed by atoms with Gasteiger partial charge in [0.1, 0.15) is 11.8 Å². The average Bonchev–Trinajstić information content (AvgIpc) is 2.92. The second-order valence-electron chi connectivity index (χ2n) is 6.84. The summed E-state index contributed by atoms with van der Waals surface area (Å²) in [7, 11) is 0. The number of carbonyl (C=O) groups is 2. The van der Waals surface area contributed by atoms with Crippen LogP contribution in [0, 0.1) is 5.92 Å². The maximum absolute atomic E-state index is 12.8. The van der Waals surface area contributed by atoms with Gasteiger partial charge in [-0.25, -0.2) is 0 Å². The molecule has 3 rings (SSSR count). The van der Waals surface area contributed by atoms with Crippen molar-refractivity contribution in [1.82, 2.24) is 4.90 Å². The van der Waals surface area contributed by atoms with Crippen LogP contribution >= 0.6 is 0 Å². The fraction of sp³-hybridized carbons (Fsp3) is 0.300. The number of hydrogen-bond acceptors (Lipinski definition) is 3. The van der Waals surface area contributed by atoms with E-state index >= 15 is 0 Å². The van der Waals surface area contributed by atoms with Gasteiger partial charge in [-0.3, -0.25) is 9.59 Å².